The van der Waals surface area contributed by atoms with Gasteiger partial charge in [0.05, 0.1) is 4.48 Å². The number of aliphatic hydroxyl groups excluding tert-OH is 1. The van der Waals surface area contributed by atoms with Gasteiger partial charge in [-0.2, -0.15) is 0 Å². The molecule has 0 saturated heterocycles. The van der Waals surface area contributed by atoms with E-state index in [9.17, 15) is 10.2 Å². The quantitative estimate of drug-likeness (QED) is 0.710. The Morgan fingerprint density at radius 1 is 1.64 bits per heavy atom. The van der Waals surface area contributed by atoms with E-state index >= 15 is 0 Å². The molecule has 1 unspecified atom stereocenters. The summed E-state index contributed by atoms with van der Waals surface area (Å²) >= 11 is 3.15. The van der Waals surface area contributed by atoms with Crippen LogP contribution in [0.4, 0.5) is 0 Å². The van der Waals surface area contributed by atoms with Crippen molar-refractivity contribution >= 4 is 15.9 Å². The van der Waals surface area contributed by atoms with Crippen molar-refractivity contribution < 1.29 is 10.2 Å². The van der Waals surface area contributed by atoms with Crippen LogP contribution in [-0.2, 0) is 0 Å². The summed E-state index contributed by atoms with van der Waals surface area (Å²) in [7, 11) is 0. The Morgan fingerprint density at radius 3 is 2.36 bits per heavy atom. The van der Waals surface area contributed by atoms with Crippen molar-refractivity contribution in [3.8, 4) is 0 Å². The molecule has 1 rings (SSSR count). The summed E-state index contributed by atoms with van der Waals surface area (Å²) in [6, 6.07) is 0. The van der Waals surface area contributed by atoms with E-state index in [0.717, 1.165) is 12.0 Å². The van der Waals surface area contributed by atoms with Gasteiger partial charge < -0.3 is 10.2 Å². The van der Waals surface area contributed by atoms with Crippen LogP contribution in [0.1, 0.15) is 20.3 Å². The predicted octanol–water partition coefficient (Wildman–Crippen LogP) is 2.25. The second-order valence-corrected chi connectivity index (χ2v) is 3.65. The van der Waals surface area contributed by atoms with Crippen molar-refractivity contribution in [3.63, 3.8) is 0 Å². The van der Waals surface area contributed by atoms with E-state index in [1.54, 1.807) is 13.0 Å². The first-order valence-electron chi connectivity index (χ1n) is 3.52. The Kier molecular flexibility index (Phi) is 2.12. The van der Waals surface area contributed by atoms with Crippen LogP contribution in [0, 0.1) is 0 Å². The van der Waals surface area contributed by atoms with Gasteiger partial charge in [-0.15, -0.1) is 0 Å². The number of allylic oxidation sites excluding steroid dienone is 2. The van der Waals surface area contributed by atoms with Crippen LogP contribution in [0.3, 0.4) is 0 Å². The van der Waals surface area contributed by atoms with Gasteiger partial charge in [-0.05, 0) is 40.9 Å². The lowest BCUT2D eigenvalue weighted by Crippen LogP contribution is -2.26. The van der Waals surface area contributed by atoms with Crippen molar-refractivity contribution in [2.75, 3.05) is 0 Å². The van der Waals surface area contributed by atoms with Gasteiger partial charge in [0.25, 0.3) is 0 Å². The number of hydrogen-bond donors (Lipinski definition) is 2. The largest absolute Gasteiger partial charge is 0.508 e. The molecule has 0 spiro atoms. The van der Waals surface area contributed by atoms with Gasteiger partial charge in [-0.1, -0.05) is 6.92 Å². The smallest absolute Gasteiger partial charge is 0.142 e. The summed E-state index contributed by atoms with van der Waals surface area (Å²) in [5, 5.41) is 19.0. The summed E-state index contributed by atoms with van der Waals surface area (Å²) in [4.78, 5) is 0. The predicted molar refractivity (Wildman–Crippen MR) is 47.6 cm³/mol. The molecule has 62 valence electrons. The number of rotatable bonds is 1. The van der Waals surface area contributed by atoms with Gasteiger partial charge in [-0.3, -0.25) is 0 Å². The molecular weight excluding hydrogens is 208 g/mol. The van der Waals surface area contributed by atoms with E-state index in [1.165, 1.54) is 0 Å². The van der Waals surface area contributed by atoms with Gasteiger partial charge in [-0.25, -0.2) is 0 Å². The van der Waals surface area contributed by atoms with Gasteiger partial charge in [0.15, 0.2) is 0 Å². The molecule has 1 aliphatic rings. The van der Waals surface area contributed by atoms with Crippen molar-refractivity contribution in [2.45, 2.75) is 25.9 Å². The standard InChI is InChI=1S/C8H11BrO2/c1-3-5-4-6(9)7(10)8(5,2)11/h4,10-11H,3H2,1-2H3. The minimum atomic E-state index is -1.16. The fraction of sp³-hybridized carbons (Fsp3) is 0.500. The zero-order chi connectivity index (χ0) is 8.65. The Bertz CT molecular complexity index is 238. The molecule has 3 heteroatoms. The van der Waals surface area contributed by atoms with E-state index in [2.05, 4.69) is 15.9 Å². The van der Waals surface area contributed by atoms with Crippen LogP contribution >= 0.6 is 15.9 Å². The molecule has 0 aliphatic heterocycles. The molecule has 0 aromatic rings. The van der Waals surface area contributed by atoms with Crippen LogP contribution in [0.2, 0.25) is 0 Å². The van der Waals surface area contributed by atoms with Gasteiger partial charge >= 0.3 is 0 Å². The lowest BCUT2D eigenvalue weighted by molar-refractivity contribution is 0.0887. The maximum absolute atomic E-state index is 9.69. The first kappa shape index (κ1) is 8.81. The number of hydrogen-bond acceptors (Lipinski definition) is 2. The summed E-state index contributed by atoms with van der Waals surface area (Å²) < 4.78 is 0.583. The minimum absolute atomic E-state index is 0.00866. The van der Waals surface area contributed by atoms with Crippen LogP contribution in [0.15, 0.2) is 21.9 Å². The molecule has 0 bridgehead atoms. The molecule has 0 aromatic carbocycles. The summed E-state index contributed by atoms with van der Waals surface area (Å²) in [5.41, 5.74) is -0.324. The van der Waals surface area contributed by atoms with Crippen LogP contribution in [0.5, 0.6) is 0 Å². The Labute approximate surface area is 74.4 Å². The fourth-order valence-corrected chi connectivity index (χ4v) is 1.86. The van der Waals surface area contributed by atoms with Crippen molar-refractivity contribution in [1.82, 2.24) is 0 Å². The molecule has 11 heavy (non-hydrogen) atoms. The zero-order valence-corrected chi connectivity index (χ0v) is 8.14. The Balaban J connectivity index is 3.04. The van der Waals surface area contributed by atoms with E-state index in [1.807, 2.05) is 6.92 Å². The van der Waals surface area contributed by atoms with E-state index in [-0.39, 0.29) is 5.76 Å². The maximum atomic E-state index is 9.69. The highest BCUT2D eigenvalue weighted by Crippen LogP contribution is 2.37. The average Bonchev–Trinajstić information content (AvgIpc) is 2.13. The second kappa shape index (κ2) is 2.64. The van der Waals surface area contributed by atoms with Crippen LogP contribution in [0.25, 0.3) is 0 Å². The molecule has 0 fully saturated rings. The molecule has 1 atom stereocenters. The molecule has 2 nitrogen and oxygen atoms in total. The van der Waals surface area contributed by atoms with Crippen molar-refractivity contribution in [3.05, 3.63) is 21.9 Å². The van der Waals surface area contributed by atoms with Crippen LogP contribution in [-0.4, -0.2) is 15.8 Å². The molecular formula is C8H11BrO2. The fourth-order valence-electron chi connectivity index (χ4n) is 1.19. The number of halogens is 1. The zero-order valence-electron chi connectivity index (χ0n) is 6.56. The third kappa shape index (κ3) is 1.23. The van der Waals surface area contributed by atoms with Gasteiger partial charge in [0.2, 0.25) is 0 Å². The lowest BCUT2D eigenvalue weighted by atomic mass is 9.96. The third-order valence-electron chi connectivity index (χ3n) is 1.99. The molecule has 0 radical (unpaired) electrons. The Hall–Kier alpha value is -0.280. The second-order valence-electron chi connectivity index (χ2n) is 2.79. The summed E-state index contributed by atoms with van der Waals surface area (Å²) in [5.74, 6) is 0.00866. The first-order valence-corrected chi connectivity index (χ1v) is 4.32. The first-order chi connectivity index (χ1) is 5.00. The maximum Gasteiger partial charge on any atom is 0.142 e. The minimum Gasteiger partial charge on any atom is -0.508 e. The van der Waals surface area contributed by atoms with Gasteiger partial charge in [0.1, 0.15) is 11.4 Å². The highest BCUT2D eigenvalue weighted by atomic mass is 79.9. The number of aliphatic hydroxyl groups is 2. The molecule has 0 heterocycles. The van der Waals surface area contributed by atoms with E-state index in [4.69, 9.17) is 0 Å². The highest BCUT2D eigenvalue weighted by molar-refractivity contribution is 9.11. The summed E-state index contributed by atoms with van der Waals surface area (Å²) in [6.07, 6.45) is 2.50. The SMILES string of the molecule is CCC1=CC(Br)=C(O)C1(C)O. The molecule has 0 aromatic heterocycles. The third-order valence-corrected chi connectivity index (χ3v) is 2.60. The Morgan fingerprint density at radius 2 is 2.18 bits per heavy atom. The van der Waals surface area contributed by atoms with E-state index in [0.29, 0.717) is 4.48 Å². The van der Waals surface area contributed by atoms with Crippen molar-refractivity contribution in [1.29, 1.82) is 0 Å². The lowest BCUT2D eigenvalue weighted by Gasteiger charge is -2.20. The summed E-state index contributed by atoms with van der Waals surface area (Å²) in [6.45, 7) is 3.53. The molecule has 2 N–H and O–H groups in total. The molecule has 0 amide bonds. The highest BCUT2D eigenvalue weighted by Gasteiger charge is 2.35. The monoisotopic (exact) mass is 218 g/mol. The molecule has 1 aliphatic carbocycles. The normalized spacial score (nSPS) is 31.1. The molecule has 0 saturated carbocycles. The topological polar surface area (TPSA) is 40.5 Å². The average molecular weight is 219 g/mol. The van der Waals surface area contributed by atoms with Crippen molar-refractivity contribution in [2.24, 2.45) is 0 Å². The van der Waals surface area contributed by atoms with Crippen LogP contribution < -0.4 is 0 Å². The van der Waals surface area contributed by atoms with Gasteiger partial charge in [0, 0.05) is 0 Å². The van der Waals surface area contributed by atoms with E-state index < -0.39 is 5.60 Å².